The Kier molecular flexibility index (Phi) is 5.70. The summed E-state index contributed by atoms with van der Waals surface area (Å²) in [6.07, 6.45) is -2.53. The molecule has 8 nitrogen and oxygen atoms in total. The van der Waals surface area contributed by atoms with Gasteiger partial charge >= 0.3 is 6.36 Å². The Morgan fingerprint density at radius 3 is 2.59 bits per heavy atom. The molecule has 3 aromatic rings. The number of aromatic nitrogens is 3. The van der Waals surface area contributed by atoms with Crippen molar-refractivity contribution in [1.29, 1.82) is 0 Å². The molecule has 168 valence electrons. The number of H-pyrrole nitrogens is 1. The number of nitrogens with zero attached hydrogens (tertiary/aromatic N) is 3. The smallest absolute Gasteiger partial charge is 0.406 e. The summed E-state index contributed by atoms with van der Waals surface area (Å²) in [5.41, 5.74) is 0.645. The number of nitrogens with one attached hydrogen (secondary N) is 2. The van der Waals surface area contributed by atoms with Gasteiger partial charge in [-0.05, 0) is 36.8 Å². The summed E-state index contributed by atoms with van der Waals surface area (Å²) in [5, 5.41) is 18.6. The maximum atomic E-state index is 14.2. The number of halogens is 4. The molecule has 12 heteroatoms. The van der Waals surface area contributed by atoms with Crippen molar-refractivity contribution in [3.05, 3.63) is 54.1 Å². The van der Waals surface area contributed by atoms with Crippen molar-refractivity contribution in [2.75, 3.05) is 23.3 Å². The fourth-order valence-electron chi connectivity index (χ4n) is 3.36. The number of alkyl halides is 3. The second-order valence-electron chi connectivity index (χ2n) is 7.10. The molecule has 3 N–H and O–H groups in total. The second kappa shape index (κ2) is 8.46. The van der Waals surface area contributed by atoms with Gasteiger partial charge in [-0.1, -0.05) is 0 Å². The molecule has 0 radical (unpaired) electrons. The van der Waals surface area contributed by atoms with Crippen LogP contribution in [0.1, 0.15) is 16.8 Å². The van der Waals surface area contributed by atoms with Crippen molar-refractivity contribution in [2.45, 2.75) is 18.9 Å². The third-order valence-corrected chi connectivity index (χ3v) is 4.80. The molecule has 1 saturated heterocycles. The van der Waals surface area contributed by atoms with E-state index in [-0.39, 0.29) is 22.5 Å². The van der Waals surface area contributed by atoms with Gasteiger partial charge in [0.25, 0.3) is 5.91 Å². The molecule has 2 aromatic heterocycles. The molecule has 1 aliphatic rings. The zero-order valence-electron chi connectivity index (χ0n) is 16.4. The molecule has 32 heavy (non-hydrogen) atoms. The van der Waals surface area contributed by atoms with Gasteiger partial charge in [-0.2, -0.15) is 5.10 Å². The van der Waals surface area contributed by atoms with E-state index in [0.717, 1.165) is 18.3 Å². The minimum absolute atomic E-state index is 0.0391. The summed E-state index contributed by atoms with van der Waals surface area (Å²) >= 11 is 0. The first-order chi connectivity index (χ1) is 15.2. The van der Waals surface area contributed by atoms with Gasteiger partial charge in [0, 0.05) is 30.5 Å². The number of β-amino-alcohol motifs (C(OH)–C–C–N with tert-alkyl or cyclic N) is 1. The standard InChI is InChI=1S/C20H17F4N5O3/c21-16-9-26-28-17(16)15-7-11(8-25-18(15)29-6-5-13(30)10-29)19(31)27-12-1-3-14(4-2-12)32-20(22,23)24/h1-4,7-9,13,30H,5-6,10H2,(H,26,28)(H,27,31). The minimum Gasteiger partial charge on any atom is -0.406 e. The largest absolute Gasteiger partial charge is 0.573 e. The summed E-state index contributed by atoms with van der Waals surface area (Å²) in [6.45, 7) is 0.822. The van der Waals surface area contributed by atoms with Crippen LogP contribution in [-0.2, 0) is 0 Å². The molecular weight excluding hydrogens is 434 g/mol. The molecule has 0 aliphatic carbocycles. The van der Waals surface area contributed by atoms with Gasteiger partial charge in [0.15, 0.2) is 5.82 Å². The summed E-state index contributed by atoms with van der Waals surface area (Å²) in [4.78, 5) is 18.8. The zero-order chi connectivity index (χ0) is 22.9. The molecule has 1 aliphatic heterocycles. The van der Waals surface area contributed by atoms with Crippen LogP contribution in [0.5, 0.6) is 5.75 Å². The Hall–Kier alpha value is -3.67. The van der Waals surface area contributed by atoms with Gasteiger partial charge < -0.3 is 20.1 Å². The van der Waals surface area contributed by atoms with E-state index in [2.05, 4.69) is 25.2 Å². The van der Waals surface area contributed by atoms with Crippen LogP contribution in [0.3, 0.4) is 0 Å². The predicted molar refractivity (Wildman–Crippen MR) is 106 cm³/mol. The number of anilines is 2. The lowest BCUT2D eigenvalue weighted by atomic mass is 10.1. The second-order valence-corrected chi connectivity index (χ2v) is 7.10. The first-order valence-corrected chi connectivity index (χ1v) is 9.49. The molecule has 4 rings (SSSR count). The van der Waals surface area contributed by atoms with Crippen LogP contribution in [0, 0.1) is 5.82 Å². The van der Waals surface area contributed by atoms with Gasteiger partial charge in [0.05, 0.1) is 17.9 Å². The van der Waals surface area contributed by atoms with E-state index in [1.807, 2.05) is 0 Å². The highest BCUT2D eigenvalue weighted by atomic mass is 19.4. The molecule has 0 bridgehead atoms. The van der Waals surface area contributed by atoms with Crippen LogP contribution < -0.4 is 15.0 Å². The first-order valence-electron chi connectivity index (χ1n) is 9.49. The number of aliphatic hydroxyl groups excluding tert-OH is 1. The summed E-state index contributed by atoms with van der Waals surface area (Å²) < 4.78 is 54.8. The Balaban J connectivity index is 1.58. The molecule has 1 fully saturated rings. The Morgan fingerprint density at radius 2 is 2.00 bits per heavy atom. The summed E-state index contributed by atoms with van der Waals surface area (Å²) in [7, 11) is 0. The number of ether oxygens (including phenoxy) is 1. The van der Waals surface area contributed by atoms with Crippen molar-refractivity contribution in [2.24, 2.45) is 0 Å². The van der Waals surface area contributed by atoms with Crippen molar-refractivity contribution in [3.8, 4) is 17.0 Å². The lowest BCUT2D eigenvalue weighted by Crippen LogP contribution is -2.23. The highest BCUT2D eigenvalue weighted by Crippen LogP contribution is 2.32. The van der Waals surface area contributed by atoms with E-state index in [1.54, 1.807) is 4.90 Å². The van der Waals surface area contributed by atoms with Crippen LogP contribution in [0.25, 0.3) is 11.3 Å². The monoisotopic (exact) mass is 451 g/mol. The van der Waals surface area contributed by atoms with Crippen molar-refractivity contribution >= 4 is 17.4 Å². The van der Waals surface area contributed by atoms with Gasteiger partial charge in [0.1, 0.15) is 17.3 Å². The van der Waals surface area contributed by atoms with Crippen LogP contribution >= 0.6 is 0 Å². The molecule has 3 heterocycles. The molecule has 1 amide bonds. The SMILES string of the molecule is O=C(Nc1ccc(OC(F)(F)F)cc1)c1cnc(N2CCC(O)C2)c(-c2[nH]ncc2F)c1. The third kappa shape index (κ3) is 4.80. The summed E-state index contributed by atoms with van der Waals surface area (Å²) in [6, 6.07) is 6.06. The van der Waals surface area contributed by atoms with E-state index >= 15 is 0 Å². The quantitative estimate of drug-likeness (QED) is 0.515. The molecule has 0 saturated carbocycles. The van der Waals surface area contributed by atoms with E-state index in [0.29, 0.717) is 25.3 Å². The normalized spacial score (nSPS) is 16.3. The molecule has 0 spiro atoms. The average molecular weight is 451 g/mol. The lowest BCUT2D eigenvalue weighted by molar-refractivity contribution is -0.274. The number of carbonyl (C=O) groups excluding carboxylic acids is 1. The van der Waals surface area contributed by atoms with Crippen molar-refractivity contribution < 1.29 is 32.2 Å². The molecule has 1 aromatic carbocycles. The number of aromatic amines is 1. The Morgan fingerprint density at radius 1 is 1.25 bits per heavy atom. The Labute approximate surface area is 178 Å². The number of carbonyl (C=O) groups is 1. The highest BCUT2D eigenvalue weighted by molar-refractivity contribution is 6.05. The number of hydrogen-bond donors (Lipinski definition) is 3. The summed E-state index contributed by atoms with van der Waals surface area (Å²) in [5.74, 6) is -1.27. The highest BCUT2D eigenvalue weighted by Gasteiger charge is 2.31. The maximum absolute atomic E-state index is 14.2. The van der Waals surface area contributed by atoms with E-state index in [9.17, 15) is 27.5 Å². The van der Waals surface area contributed by atoms with Gasteiger partial charge in [-0.3, -0.25) is 9.89 Å². The predicted octanol–water partition coefficient (Wildman–Crippen LogP) is 3.33. The van der Waals surface area contributed by atoms with Gasteiger partial charge in [0.2, 0.25) is 0 Å². The van der Waals surface area contributed by atoms with E-state index < -0.39 is 29.9 Å². The van der Waals surface area contributed by atoms with Gasteiger partial charge in [-0.25, -0.2) is 9.37 Å². The number of amides is 1. The number of pyridine rings is 1. The maximum Gasteiger partial charge on any atom is 0.573 e. The fraction of sp³-hybridized carbons (Fsp3) is 0.250. The first kappa shape index (κ1) is 21.6. The fourth-order valence-corrected chi connectivity index (χ4v) is 3.36. The van der Waals surface area contributed by atoms with Crippen LogP contribution in [-0.4, -0.2) is 51.8 Å². The van der Waals surface area contributed by atoms with Crippen LogP contribution in [0.4, 0.5) is 29.1 Å². The third-order valence-electron chi connectivity index (χ3n) is 4.80. The lowest BCUT2D eigenvalue weighted by Gasteiger charge is -2.20. The molecule has 1 unspecified atom stereocenters. The minimum atomic E-state index is -4.82. The van der Waals surface area contributed by atoms with Crippen LogP contribution in [0.15, 0.2) is 42.7 Å². The van der Waals surface area contributed by atoms with Crippen molar-refractivity contribution in [1.82, 2.24) is 15.2 Å². The zero-order valence-corrected chi connectivity index (χ0v) is 16.4. The number of aliphatic hydroxyl groups is 1. The molecule has 1 atom stereocenters. The topological polar surface area (TPSA) is 103 Å². The molecular formula is C20H17F4N5O3. The number of rotatable bonds is 5. The van der Waals surface area contributed by atoms with Gasteiger partial charge in [-0.15, -0.1) is 13.2 Å². The number of benzene rings is 1. The number of hydrogen-bond acceptors (Lipinski definition) is 6. The average Bonchev–Trinajstić information content (AvgIpc) is 3.36. The van der Waals surface area contributed by atoms with Crippen molar-refractivity contribution in [3.63, 3.8) is 0 Å². The van der Waals surface area contributed by atoms with Crippen LogP contribution in [0.2, 0.25) is 0 Å². The Bertz CT molecular complexity index is 1120. The van der Waals surface area contributed by atoms with E-state index in [4.69, 9.17) is 0 Å². The van der Waals surface area contributed by atoms with E-state index in [1.165, 1.54) is 24.4 Å².